The van der Waals surface area contributed by atoms with Gasteiger partial charge in [0, 0.05) is 10.4 Å². The lowest BCUT2D eigenvalue weighted by molar-refractivity contribution is -0.118. The SMILES string of the molecule is CC1=NONC1c1nc(-c2ccc3c(c2)NC(=O)CO3)sc1C. The average Bonchev–Trinajstić information content (AvgIpc) is 3.12. The highest BCUT2D eigenvalue weighted by Gasteiger charge is 2.27. The van der Waals surface area contributed by atoms with Gasteiger partial charge in [-0.05, 0) is 32.0 Å². The fourth-order valence-electron chi connectivity index (χ4n) is 2.56. The number of carbonyl (C=O) groups excluding carboxylic acids is 1. The molecule has 0 spiro atoms. The zero-order valence-corrected chi connectivity index (χ0v) is 13.4. The number of nitrogens with zero attached hydrogens (tertiary/aromatic N) is 2. The Morgan fingerprint density at radius 2 is 2.22 bits per heavy atom. The van der Waals surface area contributed by atoms with Crippen LogP contribution in [0.3, 0.4) is 0 Å². The maximum atomic E-state index is 11.5. The van der Waals surface area contributed by atoms with Gasteiger partial charge >= 0.3 is 0 Å². The quantitative estimate of drug-likeness (QED) is 0.883. The molecule has 1 aromatic heterocycles. The number of aryl methyl sites for hydroxylation is 1. The summed E-state index contributed by atoms with van der Waals surface area (Å²) < 4.78 is 5.38. The molecule has 8 heteroatoms. The first-order valence-corrected chi connectivity index (χ1v) is 7.94. The summed E-state index contributed by atoms with van der Waals surface area (Å²) in [4.78, 5) is 22.2. The molecule has 4 rings (SSSR count). The van der Waals surface area contributed by atoms with E-state index < -0.39 is 0 Å². The summed E-state index contributed by atoms with van der Waals surface area (Å²) >= 11 is 1.59. The predicted octanol–water partition coefficient (Wildman–Crippen LogP) is 2.40. The third kappa shape index (κ3) is 2.45. The molecule has 0 bridgehead atoms. The number of benzene rings is 1. The number of hydrogen-bond acceptors (Lipinski definition) is 7. The van der Waals surface area contributed by atoms with Crippen LogP contribution in [-0.4, -0.2) is 23.2 Å². The second-order valence-corrected chi connectivity index (χ2v) is 6.59. The Kier molecular flexibility index (Phi) is 3.28. The predicted molar refractivity (Wildman–Crippen MR) is 86.5 cm³/mol. The number of ether oxygens (including phenoxy) is 1. The van der Waals surface area contributed by atoms with Crippen LogP contribution in [0.1, 0.15) is 23.5 Å². The molecule has 0 radical (unpaired) electrons. The molecule has 1 aromatic carbocycles. The van der Waals surface area contributed by atoms with Crippen molar-refractivity contribution in [3.8, 4) is 16.3 Å². The third-order valence-corrected chi connectivity index (χ3v) is 4.78. The number of anilines is 1. The normalized spacial score (nSPS) is 19.5. The van der Waals surface area contributed by atoms with Gasteiger partial charge in [0.05, 0.1) is 17.1 Å². The van der Waals surface area contributed by atoms with E-state index in [0.717, 1.165) is 26.9 Å². The van der Waals surface area contributed by atoms with Gasteiger partial charge in [0.1, 0.15) is 16.8 Å². The van der Waals surface area contributed by atoms with Crippen LogP contribution >= 0.6 is 11.3 Å². The molecule has 0 saturated heterocycles. The Balaban J connectivity index is 1.70. The average molecular weight is 330 g/mol. The molecule has 1 unspecified atom stereocenters. The fourth-order valence-corrected chi connectivity index (χ4v) is 3.51. The molecular weight excluding hydrogens is 316 g/mol. The number of rotatable bonds is 2. The molecule has 1 amide bonds. The second kappa shape index (κ2) is 5.32. The van der Waals surface area contributed by atoms with Gasteiger partial charge < -0.3 is 10.1 Å². The number of oxime groups is 1. The minimum absolute atomic E-state index is 0.0544. The molecule has 3 heterocycles. The molecule has 0 saturated carbocycles. The smallest absolute Gasteiger partial charge is 0.262 e. The Morgan fingerprint density at radius 3 is 3.00 bits per heavy atom. The van der Waals surface area contributed by atoms with Crippen LogP contribution < -0.4 is 15.5 Å². The number of thiazole rings is 1. The molecule has 1 atom stereocenters. The van der Waals surface area contributed by atoms with Crippen molar-refractivity contribution in [1.82, 2.24) is 10.5 Å². The van der Waals surface area contributed by atoms with Gasteiger partial charge in [-0.25, -0.2) is 4.98 Å². The van der Waals surface area contributed by atoms with Crippen LogP contribution in [0.25, 0.3) is 10.6 Å². The highest BCUT2D eigenvalue weighted by molar-refractivity contribution is 7.15. The van der Waals surface area contributed by atoms with Crippen molar-refractivity contribution in [2.75, 3.05) is 11.9 Å². The van der Waals surface area contributed by atoms with E-state index in [-0.39, 0.29) is 18.6 Å². The summed E-state index contributed by atoms with van der Waals surface area (Å²) in [7, 11) is 0. The van der Waals surface area contributed by atoms with Crippen LogP contribution in [0.2, 0.25) is 0 Å². The molecule has 118 valence electrons. The van der Waals surface area contributed by atoms with Crippen molar-refractivity contribution in [1.29, 1.82) is 0 Å². The first-order chi connectivity index (χ1) is 11.1. The summed E-state index contributed by atoms with van der Waals surface area (Å²) in [5.74, 6) is 0.528. The van der Waals surface area contributed by atoms with E-state index in [1.54, 1.807) is 11.3 Å². The third-order valence-electron chi connectivity index (χ3n) is 3.74. The Bertz CT molecular complexity index is 830. The van der Waals surface area contributed by atoms with E-state index >= 15 is 0 Å². The van der Waals surface area contributed by atoms with E-state index in [1.807, 2.05) is 32.0 Å². The number of carbonyl (C=O) groups is 1. The van der Waals surface area contributed by atoms with Crippen molar-refractivity contribution < 1.29 is 14.5 Å². The van der Waals surface area contributed by atoms with Crippen LogP contribution in [0.5, 0.6) is 5.75 Å². The maximum absolute atomic E-state index is 11.5. The van der Waals surface area contributed by atoms with Crippen LogP contribution in [0.15, 0.2) is 23.4 Å². The van der Waals surface area contributed by atoms with Crippen molar-refractivity contribution >= 4 is 28.6 Å². The molecule has 2 aliphatic rings. The second-order valence-electron chi connectivity index (χ2n) is 5.38. The summed E-state index contributed by atoms with van der Waals surface area (Å²) in [6.45, 7) is 3.97. The molecule has 0 fully saturated rings. The lowest BCUT2D eigenvalue weighted by atomic mass is 10.1. The van der Waals surface area contributed by atoms with Crippen molar-refractivity contribution in [3.05, 3.63) is 28.8 Å². The van der Waals surface area contributed by atoms with E-state index in [2.05, 4.69) is 16.0 Å². The Labute approximate surface area is 136 Å². The standard InChI is InChI=1S/C15H14N4O3S/c1-7-13(19-22-18-7)14-8(2)23-15(17-14)9-3-4-11-10(5-9)16-12(20)6-21-11/h3-5,13,19H,6H2,1-2H3,(H,16,20). The number of fused-ring (bicyclic) bond motifs is 1. The van der Waals surface area contributed by atoms with Gasteiger partial charge in [-0.2, -0.15) is 0 Å². The summed E-state index contributed by atoms with van der Waals surface area (Å²) in [6, 6.07) is 5.55. The van der Waals surface area contributed by atoms with E-state index in [9.17, 15) is 4.79 Å². The largest absolute Gasteiger partial charge is 0.482 e. The molecule has 2 aromatic rings. The molecule has 2 N–H and O–H groups in total. The Hall–Kier alpha value is -2.45. The van der Waals surface area contributed by atoms with Gasteiger partial charge in [-0.3, -0.25) is 9.73 Å². The first-order valence-electron chi connectivity index (χ1n) is 7.12. The van der Waals surface area contributed by atoms with Gasteiger partial charge in [-0.15, -0.1) is 16.8 Å². The lowest BCUT2D eigenvalue weighted by Gasteiger charge is -2.18. The number of hydrogen-bond donors (Lipinski definition) is 2. The number of aromatic nitrogens is 1. The topological polar surface area (TPSA) is 84.8 Å². The zero-order chi connectivity index (χ0) is 16.0. The maximum Gasteiger partial charge on any atom is 0.262 e. The summed E-state index contributed by atoms with van der Waals surface area (Å²) in [6.07, 6.45) is 0. The molecule has 23 heavy (non-hydrogen) atoms. The van der Waals surface area contributed by atoms with E-state index in [1.165, 1.54) is 0 Å². The van der Waals surface area contributed by atoms with Crippen LogP contribution in [-0.2, 0) is 9.73 Å². The zero-order valence-electron chi connectivity index (χ0n) is 12.5. The van der Waals surface area contributed by atoms with Gasteiger partial charge in [0.15, 0.2) is 6.61 Å². The van der Waals surface area contributed by atoms with Crippen molar-refractivity contribution in [2.45, 2.75) is 19.9 Å². The van der Waals surface area contributed by atoms with Gasteiger partial charge in [0.25, 0.3) is 5.91 Å². The minimum atomic E-state index is -0.148. The monoisotopic (exact) mass is 330 g/mol. The minimum Gasteiger partial charge on any atom is -0.482 e. The van der Waals surface area contributed by atoms with E-state index in [4.69, 9.17) is 14.7 Å². The highest BCUT2D eigenvalue weighted by atomic mass is 32.1. The molecule has 0 aliphatic carbocycles. The van der Waals surface area contributed by atoms with E-state index in [0.29, 0.717) is 11.4 Å². The molecular formula is C15H14N4O3S. The highest BCUT2D eigenvalue weighted by Crippen LogP contribution is 2.36. The first kappa shape index (κ1) is 14.2. The molecule has 7 nitrogen and oxygen atoms in total. The van der Waals surface area contributed by atoms with Gasteiger partial charge in [0.2, 0.25) is 0 Å². The summed E-state index contributed by atoms with van der Waals surface area (Å²) in [5, 5.41) is 7.58. The number of hydroxylamine groups is 1. The van der Waals surface area contributed by atoms with Crippen molar-refractivity contribution in [2.24, 2.45) is 5.16 Å². The number of amides is 1. The van der Waals surface area contributed by atoms with Gasteiger partial charge in [-0.1, -0.05) is 5.16 Å². The fraction of sp³-hybridized carbons (Fsp3) is 0.267. The van der Waals surface area contributed by atoms with Crippen molar-refractivity contribution in [3.63, 3.8) is 0 Å². The van der Waals surface area contributed by atoms with Crippen LogP contribution in [0.4, 0.5) is 5.69 Å². The Morgan fingerprint density at radius 1 is 1.35 bits per heavy atom. The van der Waals surface area contributed by atoms with Crippen LogP contribution in [0, 0.1) is 6.92 Å². The summed E-state index contributed by atoms with van der Waals surface area (Å²) in [5.41, 5.74) is 6.20. The number of nitrogens with one attached hydrogen (secondary N) is 2. The lowest BCUT2D eigenvalue weighted by Crippen LogP contribution is -2.25. The molecule has 2 aliphatic heterocycles.